The molecule has 4 bridgehead atoms. The molecular weight excluding hydrogens is 306 g/mol. The molecule has 0 aliphatic heterocycles. The summed E-state index contributed by atoms with van der Waals surface area (Å²) in [6.45, 7) is 2.01. The molecule has 1 amide bonds. The predicted molar refractivity (Wildman–Crippen MR) is 91.7 cm³/mol. The van der Waals surface area contributed by atoms with Gasteiger partial charge in [-0.3, -0.25) is 9.48 Å². The molecule has 4 saturated carbocycles. The third-order valence-corrected chi connectivity index (χ3v) is 7.54. The molecule has 0 radical (unpaired) electrons. The molecule has 4 aliphatic rings. The fourth-order valence-corrected chi connectivity index (χ4v) is 6.90. The molecule has 5 heteroatoms. The fourth-order valence-electron chi connectivity index (χ4n) is 5.88. The van der Waals surface area contributed by atoms with Gasteiger partial charge in [-0.15, -0.1) is 11.3 Å². The number of thiophene rings is 1. The van der Waals surface area contributed by atoms with Crippen LogP contribution in [0.1, 0.15) is 53.9 Å². The Morgan fingerprint density at radius 2 is 1.87 bits per heavy atom. The molecule has 1 N–H and O–H groups in total. The summed E-state index contributed by atoms with van der Waals surface area (Å²) in [6.07, 6.45) is 7.83. The Labute approximate surface area is 140 Å². The number of rotatable bonds is 2. The van der Waals surface area contributed by atoms with E-state index in [1.165, 1.54) is 38.5 Å². The number of hydrogen-bond acceptors (Lipinski definition) is 3. The molecule has 0 saturated heterocycles. The zero-order valence-electron chi connectivity index (χ0n) is 13.8. The van der Waals surface area contributed by atoms with Crippen LogP contribution in [-0.4, -0.2) is 21.2 Å². The Balaban J connectivity index is 1.43. The van der Waals surface area contributed by atoms with Crippen molar-refractivity contribution in [3.8, 4) is 0 Å². The van der Waals surface area contributed by atoms with Crippen molar-refractivity contribution in [2.75, 3.05) is 0 Å². The quantitative estimate of drug-likeness (QED) is 0.914. The number of nitrogens with zero attached hydrogens (tertiary/aromatic N) is 2. The van der Waals surface area contributed by atoms with Crippen LogP contribution in [-0.2, 0) is 7.05 Å². The van der Waals surface area contributed by atoms with Crippen LogP contribution in [0.2, 0.25) is 0 Å². The van der Waals surface area contributed by atoms with Crippen molar-refractivity contribution < 1.29 is 4.79 Å². The highest BCUT2D eigenvalue weighted by atomic mass is 32.1. The van der Waals surface area contributed by atoms with Crippen LogP contribution >= 0.6 is 11.3 Å². The lowest BCUT2D eigenvalue weighted by molar-refractivity contribution is -0.0166. The number of carbonyl (C=O) groups excluding carboxylic acids is 1. The van der Waals surface area contributed by atoms with Crippen molar-refractivity contribution in [1.82, 2.24) is 15.1 Å². The van der Waals surface area contributed by atoms with Crippen LogP contribution < -0.4 is 5.32 Å². The number of hydrogen-bond donors (Lipinski definition) is 1. The zero-order chi connectivity index (χ0) is 15.8. The van der Waals surface area contributed by atoms with Crippen molar-refractivity contribution in [3.63, 3.8) is 0 Å². The summed E-state index contributed by atoms with van der Waals surface area (Å²) in [7, 11) is 1.95. The van der Waals surface area contributed by atoms with Gasteiger partial charge >= 0.3 is 0 Å². The highest BCUT2D eigenvalue weighted by molar-refractivity contribution is 7.20. The second kappa shape index (κ2) is 4.59. The Hall–Kier alpha value is -1.36. The number of aryl methyl sites for hydroxylation is 2. The van der Waals surface area contributed by atoms with Gasteiger partial charge in [-0.25, -0.2) is 0 Å². The van der Waals surface area contributed by atoms with E-state index in [0.29, 0.717) is 0 Å². The normalized spacial score (nSPS) is 35.1. The highest BCUT2D eigenvalue weighted by Crippen LogP contribution is 2.55. The fraction of sp³-hybridized carbons (Fsp3) is 0.667. The largest absolute Gasteiger partial charge is 0.346 e. The minimum absolute atomic E-state index is 0.0926. The van der Waals surface area contributed by atoms with E-state index >= 15 is 0 Å². The summed E-state index contributed by atoms with van der Waals surface area (Å²) in [5.74, 6) is 2.70. The van der Waals surface area contributed by atoms with Gasteiger partial charge in [-0.05, 0) is 69.3 Å². The van der Waals surface area contributed by atoms with E-state index in [0.717, 1.165) is 38.5 Å². The maximum absolute atomic E-state index is 12.9. The molecule has 2 aromatic heterocycles. The van der Waals surface area contributed by atoms with Gasteiger partial charge in [-0.2, -0.15) is 5.10 Å². The zero-order valence-corrected chi connectivity index (χ0v) is 14.6. The van der Waals surface area contributed by atoms with Gasteiger partial charge in [0.25, 0.3) is 5.91 Å². The Kier molecular flexibility index (Phi) is 2.80. The number of nitrogens with one attached hydrogen (secondary N) is 1. The number of amides is 1. The molecule has 0 spiro atoms. The first-order valence-corrected chi connectivity index (χ1v) is 9.59. The standard InChI is InChI=1S/C18H23N3OS/c1-10-14-6-15(23-17(14)21(2)20-10)16(22)19-18-7-11-3-12(8-18)5-13(4-11)9-18/h6,11-13H,3-5,7-9H2,1-2H3,(H,19,22). The lowest BCUT2D eigenvalue weighted by Crippen LogP contribution is -2.59. The summed E-state index contributed by atoms with van der Waals surface area (Å²) < 4.78 is 1.89. The Bertz CT molecular complexity index is 733. The van der Waals surface area contributed by atoms with Crippen LogP contribution in [0.4, 0.5) is 0 Å². The van der Waals surface area contributed by atoms with E-state index in [9.17, 15) is 4.79 Å². The lowest BCUT2D eigenvalue weighted by atomic mass is 9.53. The molecule has 2 aromatic rings. The molecule has 122 valence electrons. The van der Waals surface area contributed by atoms with Crippen molar-refractivity contribution in [2.24, 2.45) is 24.8 Å². The predicted octanol–water partition coefficient (Wildman–Crippen LogP) is 3.64. The molecule has 4 fully saturated rings. The first kappa shape index (κ1) is 14.0. The maximum Gasteiger partial charge on any atom is 0.261 e. The van der Waals surface area contributed by atoms with Crippen molar-refractivity contribution in [2.45, 2.75) is 51.0 Å². The Morgan fingerprint density at radius 1 is 1.26 bits per heavy atom. The average Bonchev–Trinajstić information content (AvgIpc) is 2.99. The summed E-state index contributed by atoms with van der Waals surface area (Å²) in [5, 5.41) is 9.02. The van der Waals surface area contributed by atoms with E-state index in [1.54, 1.807) is 11.3 Å². The molecule has 23 heavy (non-hydrogen) atoms. The summed E-state index contributed by atoms with van der Waals surface area (Å²) in [5.41, 5.74) is 1.10. The molecule has 2 heterocycles. The number of carbonyl (C=O) groups is 1. The number of aromatic nitrogens is 2. The third-order valence-electron chi connectivity index (χ3n) is 6.34. The molecule has 0 aromatic carbocycles. The molecule has 0 unspecified atom stereocenters. The Morgan fingerprint density at radius 3 is 2.43 bits per heavy atom. The van der Waals surface area contributed by atoms with Gasteiger partial charge in [-0.1, -0.05) is 0 Å². The van der Waals surface area contributed by atoms with E-state index in [4.69, 9.17) is 0 Å². The van der Waals surface area contributed by atoms with Crippen LogP contribution in [0.25, 0.3) is 10.2 Å². The van der Waals surface area contributed by atoms with Crippen LogP contribution in [0.15, 0.2) is 6.07 Å². The summed E-state index contributed by atoms with van der Waals surface area (Å²) >= 11 is 1.57. The summed E-state index contributed by atoms with van der Waals surface area (Å²) in [4.78, 5) is 14.8. The van der Waals surface area contributed by atoms with Crippen LogP contribution in [0, 0.1) is 24.7 Å². The van der Waals surface area contributed by atoms with Gasteiger partial charge in [0.15, 0.2) is 0 Å². The van der Waals surface area contributed by atoms with Gasteiger partial charge < -0.3 is 5.32 Å². The molecular formula is C18H23N3OS. The molecule has 0 atom stereocenters. The van der Waals surface area contributed by atoms with Gasteiger partial charge in [0.2, 0.25) is 0 Å². The second-order valence-electron chi connectivity index (χ2n) is 8.19. The maximum atomic E-state index is 12.9. The second-order valence-corrected chi connectivity index (χ2v) is 9.22. The van der Waals surface area contributed by atoms with Crippen molar-refractivity contribution in [1.29, 1.82) is 0 Å². The summed E-state index contributed by atoms with van der Waals surface area (Å²) in [6, 6.07) is 2.03. The topological polar surface area (TPSA) is 46.9 Å². The van der Waals surface area contributed by atoms with Crippen molar-refractivity contribution in [3.05, 3.63) is 16.6 Å². The average molecular weight is 329 g/mol. The van der Waals surface area contributed by atoms with E-state index in [2.05, 4.69) is 10.4 Å². The monoisotopic (exact) mass is 329 g/mol. The molecule has 4 nitrogen and oxygen atoms in total. The first-order chi connectivity index (χ1) is 11.0. The van der Waals surface area contributed by atoms with Gasteiger partial charge in [0.1, 0.15) is 4.83 Å². The minimum Gasteiger partial charge on any atom is -0.346 e. The molecule has 6 rings (SSSR count). The number of fused-ring (bicyclic) bond motifs is 1. The molecule has 4 aliphatic carbocycles. The van der Waals surface area contributed by atoms with Crippen LogP contribution in [0.5, 0.6) is 0 Å². The van der Waals surface area contributed by atoms with Gasteiger partial charge in [0.05, 0.1) is 10.6 Å². The van der Waals surface area contributed by atoms with E-state index < -0.39 is 0 Å². The van der Waals surface area contributed by atoms with Crippen LogP contribution in [0.3, 0.4) is 0 Å². The van der Waals surface area contributed by atoms with Gasteiger partial charge in [0, 0.05) is 18.0 Å². The van der Waals surface area contributed by atoms with E-state index in [-0.39, 0.29) is 11.4 Å². The highest BCUT2D eigenvalue weighted by Gasteiger charge is 2.51. The smallest absolute Gasteiger partial charge is 0.261 e. The third kappa shape index (κ3) is 2.09. The van der Waals surface area contributed by atoms with Crippen molar-refractivity contribution >= 4 is 27.5 Å². The minimum atomic E-state index is 0.0926. The lowest BCUT2D eigenvalue weighted by Gasteiger charge is -2.56. The SMILES string of the molecule is Cc1nn(C)c2sc(C(=O)NC34CC5CC(CC(C5)C3)C4)cc12. The first-order valence-electron chi connectivity index (χ1n) is 8.77. The van der Waals surface area contributed by atoms with E-state index in [1.807, 2.05) is 24.7 Å².